The van der Waals surface area contributed by atoms with Gasteiger partial charge in [0.15, 0.2) is 0 Å². The highest BCUT2D eigenvalue weighted by Gasteiger charge is 2.16. The summed E-state index contributed by atoms with van der Waals surface area (Å²) in [4.78, 5) is 0. The second-order valence-corrected chi connectivity index (χ2v) is 8.21. The molecule has 0 aromatic heterocycles. The molecule has 2 nitrogen and oxygen atoms in total. The summed E-state index contributed by atoms with van der Waals surface area (Å²) in [6.07, 6.45) is 8.85. The Morgan fingerprint density at radius 2 is 1.23 bits per heavy atom. The van der Waals surface area contributed by atoms with Crippen molar-refractivity contribution in [1.29, 1.82) is 0 Å². The highest BCUT2D eigenvalue weighted by molar-refractivity contribution is 6.09. The summed E-state index contributed by atoms with van der Waals surface area (Å²) in [6, 6.07) is 21.8. The van der Waals surface area contributed by atoms with E-state index in [-0.39, 0.29) is 11.5 Å². The Kier molecular flexibility index (Phi) is 6.23. The molecule has 0 aliphatic rings. The molecule has 30 heavy (non-hydrogen) atoms. The minimum atomic E-state index is 0.188. The van der Waals surface area contributed by atoms with Crippen molar-refractivity contribution in [3.63, 3.8) is 0 Å². The Bertz CT molecular complexity index is 1160. The van der Waals surface area contributed by atoms with Gasteiger partial charge in [-0.2, -0.15) is 0 Å². The topological polar surface area (TPSA) is 40.5 Å². The highest BCUT2D eigenvalue weighted by Crippen LogP contribution is 2.44. The number of hydrogen-bond acceptors (Lipinski definition) is 2. The first-order valence-electron chi connectivity index (χ1n) is 11.1. The maximum atomic E-state index is 10.7. The second kappa shape index (κ2) is 9.21. The van der Waals surface area contributed by atoms with Gasteiger partial charge in [-0.15, -0.1) is 0 Å². The third-order valence-corrected chi connectivity index (χ3v) is 6.04. The van der Waals surface area contributed by atoms with Crippen molar-refractivity contribution in [3.05, 3.63) is 72.3 Å². The minimum Gasteiger partial charge on any atom is -0.507 e. The van der Waals surface area contributed by atoms with E-state index in [0.717, 1.165) is 28.0 Å². The van der Waals surface area contributed by atoms with Gasteiger partial charge < -0.3 is 10.2 Å². The van der Waals surface area contributed by atoms with Crippen LogP contribution in [0, 0.1) is 0 Å². The van der Waals surface area contributed by atoms with E-state index in [1.165, 1.54) is 44.1 Å². The molecule has 0 unspecified atom stereocenters. The first kappa shape index (κ1) is 20.3. The third-order valence-electron chi connectivity index (χ3n) is 6.04. The summed E-state index contributed by atoms with van der Waals surface area (Å²) in [5, 5.41) is 25.5. The number of benzene rings is 4. The van der Waals surface area contributed by atoms with Crippen LogP contribution in [0.1, 0.15) is 51.0 Å². The molecule has 0 saturated heterocycles. The molecule has 0 saturated carbocycles. The Labute approximate surface area is 178 Å². The second-order valence-electron chi connectivity index (χ2n) is 8.21. The molecule has 0 spiro atoms. The Morgan fingerprint density at radius 3 is 2.00 bits per heavy atom. The maximum absolute atomic E-state index is 10.7. The number of phenols is 2. The van der Waals surface area contributed by atoms with E-state index in [0.29, 0.717) is 11.1 Å². The van der Waals surface area contributed by atoms with Crippen LogP contribution < -0.4 is 0 Å². The average molecular weight is 399 g/mol. The van der Waals surface area contributed by atoms with Crippen molar-refractivity contribution >= 4 is 21.5 Å². The van der Waals surface area contributed by atoms with Gasteiger partial charge in [0.2, 0.25) is 0 Å². The zero-order valence-corrected chi connectivity index (χ0v) is 17.7. The molecule has 4 rings (SSSR count). The molecule has 4 aromatic carbocycles. The largest absolute Gasteiger partial charge is 0.507 e. The lowest BCUT2D eigenvalue weighted by Gasteiger charge is -2.15. The summed E-state index contributed by atoms with van der Waals surface area (Å²) >= 11 is 0. The van der Waals surface area contributed by atoms with Crippen molar-refractivity contribution < 1.29 is 10.2 Å². The van der Waals surface area contributed by atoms with Gasteiger partial charge in [0.05, 0.1) is 0 Å². The van der Waals surface area contributed by atoms with Crippen molar-refractivity contribution in [1.82, 2.24) is 0 Å². The number of aromatic hydroxyl groups is 2. The summed E-state index contributed by atoms with van der Waals surface area (Å²) in [7, 11) is 0. The molecule has 0 atom stereocenters. The predicted octanol–water partition coefficient (Wildman–Crippen LogP) is 7.97. The van der Waals surface area contributed by atoms with Crippen molar-refractivity contribution in [3.8, 4) is 22.6 Å². The maximum Gasteiger partial charge on any atom is 0.124 e. The van der Waals surface area contributed by atoms with Gasteiger partial charge >= 0.3 is 0 Å². The first-order valence-corrected chi connectivity index (χ1v) is 11.1. The lowest BCUT2D eigenvalue weighted by atomic mass is 9.91. The van der Waals surface area contributed by atoms with Gasteiger partial charge in [0, 0.05) is 11.1 Å². The predicted molar refractivity (Wildman–Crippen MR) is 127 cm³/mol. The fourth-order valence-electron chi connectivity index (χ4n) is 4.42. The standard InChI is InChI=1S/C28H30O2/c1-2-3-4-5-6-7-10-20-13-16-24-22(19-20)15-18-26(30)28(24)27-23-12-9-8-11-21(23)14-17-25(27)29/h8-9,11-19,29-30H,2-7,10H2,1H3. The lowest BCUT2D eigenvalue weighted by molar-refractivity contribution is 0.470. The highest BCUT2D eigenvalue weighted by atomic mass is 16.3. The van der Waals surface area contributed by atoms with Crippen molar-refractivity contribution in [2.24, 2.45) is 0 Å². The van der Waals surface area contributed by atoms with Crippen LogP contribution in [-0.4, -0.2) is 10.2 Å². The summed E-state index contributed by atoms with van der Waals surface area (Å²) in [5.74, 6) is 0.380. The smallest absolute Gasteiger partial charge is 0.124 e. The van der Waals surface area contributed by atoms with Crippen LogP contribution in [-0.2, 0) is 6.42 Å². The fraction of sp³-hybridized carbons (Fsp3) is 0.286. The van der Waals surface area contributed by atoms with E-state index >= 15 is 0 Å². The van der Waals surface area contributed by atoms with Crippen LogP contribution in [0.5, 0.6) is 11.5 Å². The minimum absolute atomic E-state index is 0.188. The molecule has 2 heteroatoms. The zero-order chi connectivity index (χ0) is 20.9. The molecule has 0 heterocycles. The third kappa shape index (κ3) is 4.14. The lowest BCUT2D eigenvalue weighted by Crippen LogP contribution is -1.90. The number of fused-ring (bicyclic) bond motifs is 2. The van der Waals surface area contributed by atoms with Crippen LogP contribution in [0.4, 0.5) is 0 Å². The number of aryl methyl sites for hydroxylation is 1. The quantitative estimate of drug-likeness (QED) is 0.295. The van der Waals surface area contributed by atoms with Crippen LogP contribution >= 0.6 is 0 Å². The number of unbranched alkanes of at least 4 members (excludes halogenated alkanes) is 5. The zero-order valence-electron chi connectivity index (χ0n) is 17.7. The molecule has 4 aromatic rings. The van der Waals surface area contributed by atoms with Gasteiger partial charge in [-0.3, -0.25) is 0 Å². The molecule has 0 radical (unpaired) electrons. The van der Waals surface area contributed by atoms with E-state index in [1.54, 1.807) is 12.1 Å². The van der Waals surface area contributed by atoms with Crippen LogP contribution in [0.2, 0.25) is 0 Å². The summed E-state index contributed by atoms with van der Waals surface area (Å²) in [6.45, 7) is 2.25. The molecular weight excluding hydrogens is 368 g/mol. The number of hydrogen-bond donors (Lipinski definition) is 2. The van der Waals surface area contributed by atoms with Crippen LogP contribution in [0.25, 0.3) is 32.7 Å². The van der Waals surface area contributed by atoms with Crippen molar-refractivity contribution in [2.45, 2.75) is 51.9 Å². The van der Waals surface area contributed by atoms with Gasteiger partial charge in [-0.1, -0.05) is 93.6 Å². The molecule has 2 N–H and O–H groups in total. The monoisotopic (exact) mass is 398 g/mol. The fourth-order valence-corrected chi connectivity index (χ4v) is 4.42. The average Bonchev–Trinajstić information content (AvgIpc) is 2.77. The van der Waals surface area contributed by atoms with Gasteiger partial charge in [-0.25, -0.2) is 0 Å². The first-order chi connectivity index (χ1) is 14.7. The van der Waals surface area contributed by atoms with Crippen molar-refractivity contribution in [2.75, 3.05) is 0 Å². The van der Waals surface area contributed by atoms with E-state index in [9.17, 15) is 10.2 Å². The van der Waals surface area contributed by atoms with E-state index in [4.69, 9.17) is 0 Å². The van der Waals surface area contributed by atoms with Crippen LogP contribution in [0.15, 0.2) is 66.7 Å². The number of phenolic OH excluding ortho intramolecular Hbond substituents is 2. The number of rotatable bonds is 8. The van der Waals surface area contributed by atoms with Crippen LogP contribution in [0.3, 0.4) is 0 Å². The Hall–Kier alpha value is -3.00. The molecule has 0 amide bonds. The molecule has 0 fully saturated rings. The molecule has 0 aliphatic heterocycles. The van der Waals surface area contributed by atoms with E-state index in [1.807, 2.05) is 36.4 Å². The summed E-state index contributed by atoms with van der Waals surface area (Å²) in [5.41, 5.74) is 2.73. The van der Waals surface area contributed by atoms with Gasteiger partial charge in [0.25, 0.3) is 0 Å². The van der Waals surface area contributed by atoms with E-state index < -0.39 is 0 Å². The van der Waals surface area contributed by atoms with Gasteiger partial charge in [0.1, 0.15) is 11.5 Å². The molecule has 154 valence electrons. The summed E-state index contributed by atoms with van der Waals surface area (Å²) < 4.78 is 0. The SMILES string of the molecule is CCCCCCCCc1ccc2c(-c3c(O)ccc4ccccc34)c(O)ccc2c1. The van der Waals surface area contributed by atoms with Gasteiger partial charge in [-0.05, 0) is 52.1 Å². The molecule has 0 aliphatic carbocycles. The van der Waals surface area contributed by atoms with E-state index in [2.05, 4.69) is 25.1 Å². The Balaban J connectivity index is 1.69. The normalized spacial score (nSPS) is 11.4. The molecular formula is C28H30O2. The Morgan fingerprint density at radius 1 is 0.600 bits per heavy atom. The molecule has 0 bridgehead atoms.